The fourth-order valence-electron chi connectivity index (χ4n) is 12.7. The Labute approximate surface area is 484 Å². The maximum absolute atomic E-state index is 6.33. The molecular formula is C77H52N4OS. The predicted molar refractivity (Wildman–Crippen MR) is 353 cm³/mol. The van der Waals surface area contributed by atoms with Crippen LogP contribution in [-0.2, 0) is 0 Å². The van der Waals surface area contributed by atoms with Crippen molar-refractivity contribution >= 4 is 132 Å². The van der Waals surface area contributed by atoms with E-state index >= 15 is 0 Å². The lowest BCUT2D eigenvalue weighted by Gasteiger charge is -2.29. The number of benzene rings is 13. The smallest absolute Gasteiger partial charge is 0.135 e. The van der Waals surface area contributed by atoms with E-state index in [-0.39, 0.29) is 0 Å². The van der Waals surface area contributed by atoms with Gasteiger partial charge in [0.25, 0.3) is 0 Å². The summed E-state index contributed by atoms with van der Waals surface area (Å²) in [5.41, 5.74) is 18.5. The molecule has 6 heteroatoms. The number of anilines is 8. The van der Waals surface area contributed by atoms with E-state index in [9.17, 15) is 0 Å². The van der Waals surface area contributed by atoms with E-state index in [1.807, 2.05) is 17.4 Å². The van der Waals surface area contributed by atoms with Crippen molar-refractivity contribution in [2.75, 3.05) is 21.7 Å². The van der Waals surface area contributed by atoms with Crippen molar-refractivity contribution in [2.24, 2.45) is 0 Å². The van der Waals surface area contributed by atoms with Crippen molar-refractivity contribution in [1.29, 1.82) is 0 Å². The maximum atomic E-state index is 6.33. The predicted octanol–water partition coefficient (Wildman–Crippen LogP) is 22.2. The van der Waals surface area contributed by atoms with Gasteiger partial charge in [0.2, 0.25) is 0 Å². The molecule has 392 valence electrons. The molecule has 0 N–H and O–H groups in total. The first-order valence-electron chi connectivity index (χ1n) is 28.2. The first-order chi connectivity index (χ1) is 41.1. The molecule has 16 aromatic rings. The Hall–Kier alpha value is -10.7. The number of hydrogen-bond acceptors (Lipinski definition) is 5. The molecule has 0 fully saturated rings. The number of furan rings is 1. The minimum atomic E-state index is 0.885. The van der Waals surface area contributed by atoms with Crippen molar-refractivity contribution in [3.63, 3.8) is 0 Å². The summed E-state index contributed by atoms with van der Waals surface area (Å²) in [5, 5.41) is 9.66. The zero-order chi connectivity index (χ0) is 55.0. The number of rotatable bonds is 11. The molecule has 16 rings (SSSR count). The summed E-state index contributed by atoms with van der Waals surface area (Å²) < 4.78 is 11.4. The number of thiophene rings is 1. The van der Waals surface area contributed by atoms with Crippen molar-refractivity contribution in [2.45, 2.75) is 0 Å². The molecule has 0 unspecified atom stereocenters. The van der Waals surface area contributed by atoms with Crippen LogP contribution in [0.3, 0.4) is 0 Å². The van der Waals surface area contributed by atoms with E-state index in [1.54, 1.807) is 0 Å². The topological polar surface area (TPSA) is 27.8 Å². The zero-order valence-corrected chi connectivity index (χ0v) is 46.2. The monoisotopic (exact) mass is 1080 g/mol. The minimum Gasteiger partial charge on any atom is -0.456 e. The highest BCUT2D eigenvalue weighted by Gasteiger charge is 2.24. The van der Waals surface area contributed by atoms with Gasteiger partial charge in [-0.1, -0.05) is 176 Å². The van der Waals surface area contributed by atoms with Crippen LogP contribution in [0.25, 0.3) is 103 Å². The first kappa shape index (κ1) is 48.3. The summed E-state index contributed by atoms with van der Waals surface area (Å²) in [7, 11) is 2.17. The quantitative estimate of drug-likeness (QED) is 0.129. The third-order valence-electron chi connectivity index (χ3n) is 16.6. The number of para-hydroxylation sites is 5. The van der Waals surface area contributed by atoms with Crippen molar-refractivity contribution < 1.29 is 4.42 Å². The molecule has 3 heterocycles. The summed E-state index contributed by atoms with van der Waals surface area (Å²) in [5.74, 6) is 0. The van der Waals surface area contributed by atoms with Gasteiger partial charge in [-0.05, 0) is 138 Å². The molecule has 5 nitrogen and oxygen atoms in total. The van der Waals surface area contributed by atoms with Gasteiger partial charge in [-0.25, -0.2) is 0 Å². The van der Waals surface area contributed by atoms with Crippen molar-refractivity contribution in [3.8, 4) is 27.9 Å². The van der Waals surface area contributed by atoms with E-state index in [0.29, 0.717) is 0 Å². The average Bonchev–Trinajstić information content (AvgIpc) is 3.74. The van der Waals surface area contributed by atoms with Gasteiger partial charge in [0.1, 0.15) is 11.2 Å². The highest BCUT2D eigenvalue weighted by atomic mass is 32.1. The largest absolute Gasteiger partial charge is 0.456 e. The molecule has 0 atom stereocenters. The minimum absolute atomic E-state index is 0.885. The van der Waals surface area contributed by atoms with E-state index < -0.39 is 0 Å². The summed E-state index contributed by atoms with van der Waals surface area (Å²) in [6.45, 7) is 0. The van der Waals surface area contributed by atoms with Crippen LogP contribution in [0.5, 0.6) is 0 Å². The SMILES string of the molecule is CN(c1ccccc1)c1c(-c2ccc(N(c3ccccc3)c3ccccc3-c3ccc(N(c4ccccc4)c4ccc5c(c4)c4c6sc7ccccc7c6ccc4n5-c4ccc5oc6ccccc6c5c4)cc3)cc2)ccc2ccccc12. The van der Waals surface area contributed by atoms with Crippen LogP contribution in [0.4, 0.5) is 45.5 Å². The molecule has 13 aromatic carbocycles. The summed E-state index contributed by atoms with van der Waals surface area (Å²) >= 11 is 1.88. The van der Waals surface area contributed by atoms with Gasteiger partial charge in [-0.3, -0.25) is 0 Å². The van der Waals surface area contributed by atoms with Gasteiger partial charge in [0, 0.05) is 105 Å². The number of nitrogens with zero attached hydrogens (tertiary/aromatic N) is 4. The summed E-state index contributed by atoms with van der Waals surface area (Å²) in [6, 6.07) is 108. The van der Waals surface area contributed by atoms with Crippen molar-refractivity contribution in [3.05, 3.63) is 297 Å². The van der Waals surface area contributed by atoms with E-state index in [4.69, 9.17) is 4.42 Å². The van der Waals surface area contributed by atoms with Gasteiger partial charge in [-0.2, -0.15) is 0 Å². The lowest BCUT2D eigenvalue weighted by atomic mass is 9.96. The molecular weight excluding hydrogens is 1030 g/mol. The van der Waals surface area contributed by atoms with Crippen LogP contribution in [0.15, 0.2) is 302 Å². The Kier molecular flexibility index (Phi) is 11.5. The van der Waals surface area contributed by atoms with E-state index in [0.717, 1.165) is 89.6 Å². The molecule has 0 bridgehead atoms. The Morgan fingerprint density at radius 2 is 0.916 bits per heavy atom. The van der Waals surface area contributed by atoms with E-state index in [2.05, 4.69) is 318 Å². The molecule has 0 amide bonds. The van der Waals surface area contributed by atoms with Crippen molar-refractivity contribution in [1.82, 2.24) is 4.57 Å². The van der Waals surface area contributed by atoms with Crippen LogP contribution in [0.1, 0.15) is 0 Å². The Morgan fingerprint density at radius 3 is 1.67 bits per heavy atom. The highest BCUT2D eigenvalue weighted by Crippen LogP contribution is 2.48. The number of fused-ring (bicyclic) bond motifs is 11. The molecule has 0 aliphatic heterocycles. The third kappa shape index (κ3) is 8.13. The number of aromatic nitrogens is 1. The first-order valence-corrected chi connectivity index (χ1v) is 29.0. The van der Waals surface area contributed by atoms with Crippen LogP contribution in [-0.4, -0.2) is 11.6 Å². The zero-order valence-electron chi connectivity index (χ0n) is 45.4. The molecule has 0 spiro atoms. The molecule has 83 heavy (non-hydrogen) atoms. The second-order valence-corrected chi connectivity index (χ2v) is 22.3. The van der Waals surface area contributed by atoms with Gasteiger partial charge < -0.3 is 23.7 Å². The molecule has 0 aliphatic rings. The van der Waals surface area contributed by atoms with Crippen LogP contribution >= 0.6 is 11.3 Å². The van der Waals surface area contributed by atoms with Gasteiger partial charge in [0.05, 0.1) is 22.4 Å². The molecule has 0 saturated carbocycles. The second kappa shape index (κ2) is 19.9. The fourth-order valence-corrected chi connectivity index (χ4v) is 14.0. The summed E-state index contributed by atoms with van der Waals surface area (Å²) in [6.07, 6.45) is 0. The Bertz CT molecular complexity index is 5100. The van der Waals surface area contributed by atoms with E-state index in [1.165, 1.54) is 58.5 Å². The highest BCUT2D eigenvalue weighted by molar-refractivity contribution is 7.26. The molecule has 0 saturated heterocycles. The average molecular weight is 1080 g/mol. The molecule has 0 aliphatic carbocycles. The summed E-state index contributed by atoms with van der Waals surface area (Å²) in [4.78, 5) is 7.09. The van der Waals surface area contributed by atoms with Crippen LogP contribution in [0, 0.1) is 0 Å². The standard InChI is InChI=1S/C77H52N4OS/c1-78(54-20-5-2-6-21-54)76-62-27-12-11-19-51(62)37-44-63(76)53-35-40-58(41-36-53)80(56-24-9-4-10-25-56)69-30-16-13-26-61(69)52-33-38-57(39-34-52)79(55-22-7-3-8-23-55)59-42-46-70-68(50-59)75-71(47-45-66-65-29-15-18-32-74(65)83-77(66)75)81(70)60-43-48-73-67(49-60)64-28-14-17-31-72(64)82-73/h2-50H,1H3. The fraction of sp³-hybridized carbons (Fsp3) is 0.0130. The van der Waals surface area contributed by atoms with Gasteiger partial charge in [0.15, 0.2) is 0 Å². The van der Waals surface area contributed by atoms with Crippen LogP contribution in [0.2, 0.25) is 0 Å². The Morgan fingerprint density at radius 1 is 0.349 bits per heavy atom. The molecule has 0 radical (unpaired) electrons. The van der Waals surface area contributed by atoms with Crippen LogP contribution < -0.4 is 14.7 Å². The molecule has 3 aromatic heterocycles. The Balaban J connectivity index is 0.804. The normalized spacial score (nSPS) is 11.7. The van der Waals surface area contributed by atoms with Gasteiger partial charge >= 0.3 is 0 Å². The van der Waals surface area contributed by atoms with Gasteiger partial charge in [-0.15, -0.1) is 11.3 Å². The lowest BCUT2D eigenvalue weighted by Crippen LogP contribution is -2.12. The maximum Gasteiger partial charge on any atom is 0.135 e. The number of hydrogen-bond donors (Lipinski definition) is 0. The second-order valence-electron chi connectivity index (χ2n) is 21.3. The lowest BCUT2D eigenvalue weighted by molar-refractivity contribution is 0.669. The third-order valence-corrected chi connectivity index (χ3v) is 17.8.